The Labute approximate surface area is 591 Å². The molecule has 2 amide bonds. The highest BCUT2D eigenvalue weighted by molar-refractivity contribution is 7.98. The van der Waals surface area contributed by atoms with E-state index in [1.54, 1.807) is 54.5 Å². The fraction of sp³-hybridized carbons (Fsp3) is 0.378. The number of carbonyl (C=O) groups excluding carboxylic acids is 2. The number of halogens is 8. The van der Waals surface area contributed by atoms with Crippen molar-refractivity contribution in [1.82, 2.24) is 38.7 Å². The molecule has 2 heterocycles. The number of likely N-dealkylation sites (N-methyl/N-ethyl adjacent to an activating group) is 2. The third-order valence-electron chi connectivity index (χ3n) is 15.8. The van der Waals surface area contributed by atoms with E-state index in [4.69, 9.17) is 23.3 Å². The number of fused-ring (bicyclic) bond motifs is 2. The molecule has 0 saturated heterocycles. The highest BCUT2D eigenvalue weighted by Crippen LogP contribution is 2.35. The predicted octanol–water partition coefficient (Wildman–Crippen LogP) is 15.2. The van der Waals surface area contributed by atoms with Gasteiger partial charge in [0, 0.05) is 73.6 Å². The highest BCUT2D eigenvalue weighted by Gasteiger charge is 2.33. The number of benzene rings is 6. The first-order valence-corrected chi connectivity index (χ1v) is 32.5. The van der Waals surface area contributed by atoms with Gasteiger partial charge in [0.15, 0.2) is 10.3 Å². The quantitative estimate of drug-likeness (QED) is 0.0295. The lowest BCUT2D eigenvalue weighted by Crippen LogP contribution is -2.42. The molecule has 0 fully saturated rings. The van der Waals surface area contributed by atoms with Crippen molar-refractivity contribution in [2.75, 3.05) is 52.4 Å². The summed E-state index contributed by atoms with van der Waals surface area (Å²) < 4.78 is 283. The van der Waals surface area contributed by atoms with Gasteiger partial charge in [-0.15, -0.1) is 0 Å². The number of amides is 2. The molecule has 10 rings (SSSR count). The lowest BCUT2D eigenvalue weighted by molar-refractivity contribution is -0.138. The number of carbonyl (C=O) groups is 2. The summed E-state index contributed by atoms with van der Waals surface area (Å²) in [6.45, 7) is 7.49. The van der Waals surface area contributed by atoms with E-state index >= 15 is 0 Å². The van der Waals surface area contributed by atoms with Crippen molar-refractivity contribution in [1.29, 1.82) is 0 Å². The Bertz CT molecular complexity index is 5130. The van der Waals surface area contributed by atoms with E-state index in [1.807, 2.05) is 13.8 Å². The molecule has 12 nitrogen and oxygen atoms in total. The zero-order valence-electron chi connectivity index (χ0n) is 73.1. The van der Waals surface area contributed by atoms with Crippen molar-refractivity contribution in [3.8, 4) is 22.3 Å². The van der Waals surface area contributed by atoms with E-state index in [1.165, 1.54) is 29.2 Å². The maximum absolute atomic E-state index is 14.8. The number of thioether (sulfide) groups is 2. The van der Waals surface area contributed by atoms with Crippen LogP contribution in [0.3, 0.4) is 0 Å². The summed E-state index contributed by atoms with van der Waals surface area (Å²) in [6, 6.07) is 1.73. The van der Waals surface area contributed by atoms with E-state index in [9.17, 15) is 58.4 Å². The second-order valence-electron chi connectivity index (χ2n) is 21.9. The molecule has 96 heavy (non-hydrogen) atoms. The van der Waals surface area contributed by atoms with Crippen LogP contribution in [0.1, 0.15) is 137 Å². The molecule has 6 aromatic carbocycles. The number of nitrogens with zero attached hydrogens (tertiary/aromatic N) is 8. The summed E-state index contributed by atoms with van der Waals surface area (Å²) in [7, 11) is 0. The Kier molecular flexibility index (Phi) is 17.0. The van der Waals surface area contributed by atoms with Gasteiger partial charge in [-0.3, -0.25) is 19.2 Å². The molecule has 2 aromatic heterocycles. The minimum Gasteiger partial charge on any atom is -0.336 e. The monoisotopic (exact) mass is 1380 g/mol. The minimum absolute atomic E-state index is 0.0576. The Balaban J connectivity index is 0.000000269. The van der Waals surface area contributed by atoms with Gasteiger partial charge < -0.3 is 28.7 Å². The van der Waals surface area contributed by atoms with Crippen LogP contribution in [-0.2, 0) is 78.6 Å². The van der Waals surface area contributed by atoms with E-state index in [0.717, 1.165) is 59.3 Å². The predicted molar refractivity (Wildman–Crippen MR) is 362 cm³/mol. The zero-order chi connectivity index (χ0) is 86.5. The summed E-state index contributed by atoms with van der Waals surface area (Å²) in [4.78, 5) is 70.0. The maximum atomic E-state index is 14.8. The van der Waals surface area contributed by atoms with Crippen LogP contribution in [-0.4, -0.2) is 103 Å². The van der Waals surface area contributed by atoms with Gasteiger partial charge in [0.2, 0.25) is 11.8 Å². The fourth-order valence-corrected chi connectivity index (χ4v) is 12.2. The van der Waals surface area contributed by atoms with Crippen molar-refractivity contribution < 1.29 is 72.1 Å². The van der Waals surface area contributed by atoms with Gasteiger partial charge in [0.05, 0.1) is 37.7 Å². The summed E-state index contributed by atoms with van der Waals surface area (Å²) in [6.07, 6.45) is -14.2. The highest BCUT2D eigenvalue weighted by atomic mass is 32.2. The summed E-state index contributed by atoms with van der Waals surface area (Å²) in [5.74, 6) is -6.43. The summed E-state index contributed by atoms with van der Waals surface area (Å²) in [5.41, 5.74) is -5.93. The molecular weight excluding hydrogens is 1280 g/mol. The smallest absolute Gasteiger partial charge is 0.336 e. The second kappa shape index (κ2) is 32.9. The molecule has 0 bridgehead atoms. The molecule has 2 aliphatic rings. The average molecular weight is 1380 g/mol. The lowest BCUT2D eigenvalue weighted by atomic mass is 9.99. The van der Waals surface area contributed by atoms with Gasteiger partial charge >= 0.3 is 12.4 Å². The molecule has 0 spiro atoms. The van der Waals surface area contributed by atoms with E-state index in [-0.39, 0.29) is 47.0 Å². The Hall–Kier alpha value is -7.92. The first kappa shape index (κ1) is 49.6. The number of hydrogen-bond acceptors (Lipinski definition) is 10. The van der Waals surface area contributed by atoms with Gasteiger partial charge in [0.25, 0.3) is 11.1 Å². The van der Waals surface area contributed by atoms with Crippen molar-refractivity contribution in [3.63, 3.8) is 0 Å². The van der Waals surface area contributed by atoms with Crippen LogP contribution < -0.4 is 11.1 Å². The maximum Gasteiger partial charge on any atom is 0.416 e. The van der Waals surface area contributed by atoms with Gasteiger partial charge in [-0.2, -0.15) is 36.3 Å². The van der Waals surface area contributed by atoms with Gasteiger partial charge in [-0.25, -0.2) is 8.78 Å². The fourth-order valence-electron chi connectivity index (χ4n) is 10.4. The molecule has 2 unspecified atom stereocenters. The molecule has 2 aliphatic carbocycles. The molecule has 0 saturated carbocycles. The van der Waals surface area contributed by atoms with Crippen molar-refractivity contribution >= 4 is 35.3 Å². The van der Waals surface area contributed by atoms with Crippen LogP contribution in [0.15, 0.2) is 165 Å². The van der Waals surface area contributed by atoms with E-state index in [0.29, 0.717) is 90.4 Å². The molecule has 0 aliphatic heterocycles. The number of hydrogen-bond donors (Lipinski definition) is 0. The molecule has 2 atom stereocenters. The Morgan fingerprint density at radius 3 is 1.66 bits per heavy atom. The van der Waals surface area contributed by atoms with Crippen molar-refractivity contribution in [2.45, 2.75) is 133 Å². The number of alkyl halides is 6. The molecular formula is C74H80F8N8O4S2. The van der Waals surface area contributed by atoms with Crippen LogP contribution in [0, 0.1) is 17.5 Å². The van der Waals surface area contributed by atoms with Crippen molar-refractivity contribution in [3.05, 3.63) is 234 Å². The number of rotatable bonds is 26. The van der Waals surface area contributed by atoms with Crippen LogP contribution >= 0.6 is 23.5 Å². The molecule has 508 valence electrons. The van der Waals surface area contributed by atoms with Gasteiger partial charge in [-0.1, -0.05) is 155 Å². The normalized spacial score (nSPS) is 19.2. The Morgan fingerprint density at radius 2 is 1.09 bits per heavy atom. The first-order valence-electron chi connectivity index (χ1n) is 40.6. The van der Waals surface area contributed by atoms with Gasteiger partial charge in [-0.05, 0) is 164 Å². The third kappa shape index (κ3) is 18.8. The van der Waals surface area contributed by atoms with E-state index in [2.05, 4.69) is 14.9 Å². The van der Waals surface area contributed by atoms with Crippen LogP contribution in [0.2, 0.25) is 0 Å². The number of aromatic nitrogens is 4. The van der Waals surface area contributed by atoms with Crippen LogP contribution in [0.25, 0.3) is 22.3 Å². The van der Waals surface area contributed by atoms with Crippen molar-refractivity contribution in [2.24, 2.45) is 5.89 Å². The lowest BCUT2D eigenvalue weighted by Gasteiger charge is -2.33. The minimum atomic E-state index is -5.35. The Morgan fingerprint density at radius 1 is 0.594 bits per heavy atom. The molecule has 0 radical (unpaired) electrons. The SMILES string of the molecule is [2H]c1c([2H])c(C(F)(F)F)c([2H])c([2H])c1-c1c([2H])c([2H])c(C([2H])([2H])N(CCN(CC)CC)C(=O)Cn2c(SCc3ccc(F)cc3)nc(=O)c3c2C([2H])([2H])C([2H])(C)C3([2H])[2H])c([2H])c1[2H].[2H]c1c([2H])c(CSc2nc(=O)c3c(n2CC(=O)N(CCN(CC)CC)C([2H])(C)c2ccc(-c4ccc(C(F)(F)F)cc4)cc2)CCC3)c([2H])c([2H])c1F. The summed E-state index contributed by atoms with van der Waals surface area (Å²) >= 11 is 1.71. The average Bonchev–Trinajstić information content (AvgIpc) is 1.52. The topological polar surface area (TPSA) is 117 Å². The largest absolute Gasteiger partial charge is 0.416 e. The molecule has 0 N–H and O–H groups in total. The van der Waals surface area contributed by atoms with Crippen LogP contribution in [0.5, 0.6) is 0 Å². The molecule has 8 aromatic rings. The third-order valence-corrected chi connectivity index (χ3v) is 17.8. The first-order chi connectivity index (χ1) is 53.9. The second-order valence-corrected chi connectivity index (χ2v) is 23.8. The molecule has 22 heteroatoms. The van der Waals surface area contributed by atoms with E-state index < -0.39 is 203 Å². The summed E-state index contributed by atoms with van der Waals surface area (Å²) in [5, 5.41) is -0.246. The standard InChI is InChI=1S/2C37H40F4N4O2S/c1-4-43(5-2)18-19-44(22-26-6-10-28(11-7-26)29-12-14-30(15-13-29)37(39,40)41)34(46)23-45-33-21-25(3)20-32(33)35(47)42-36(45)48-24-27-8-16-31(38)17-9-27;1-4-43(5-2)21-22-44(25(3)27-11-13-28(14-12-27)29-15-17-30(18-16-29)37(39,40)41)34(46)23-45-33-8-6-7-32(33)35(47)42-36(45)48-24-26-9-19-31(38)20-10-26/h6-17,25H,4-5,18-24H2,1-3H3;9-20,25H,4-8,21-24H2,1-3H3/i6D,7D,10D,11D,12D,13D,14D,15D,20D2,21D2,22D2,25D;9D,10D,19D,20D,25D. The zero-order valence-corrected chi connectivity index (χ0v) is 54.7. The van der Waals surface area contributed by atoms with Crippen LogP contribution in [0.4, 0.5) is 35.1 Å². The van der Waals surface area contributed by atoms with Gasteiger partial charge in [0.1, 0.15) is 24.7 Å².